The molecular weight excluding hydrogens is 255 g/mol. The summed E-state index contributed by atoms with van der Waals surface area (Å²) in [5.74, 6) is 0.0393. The maximum absolute atomic E-state index is 13.7. The first-order chi connectivity index (χ1) is 8.61. The van der Waals surface area contributed by atoms with Gasteiger partial charge in [0.2, 0.25) is 0 Å². The zero-order valence-electron chi connectivity index (χ0n) is 9.71. The molecule has 94 valence electrons. The van der Waals surface area contributed by atoms with Crippen LogP contribution in [-0.4, -0.2) is 7.11 Å². The Labute approximate surface area is 109 Å². The van der Waals surface area contributed by atoms with E-state index in [1.54, 1.807) is 30.3 Å². The maximum Gasteiger partial charge on any atom is 0.165 e. The molecule has 0 aliphatic rings. The average Bonchev–Trinajstić information content (AvgIpc) is 2.37. The Bertz CT molecular complexity index is 575. The molecule has 0 saturated heterocycles. The molecule has 0 unspecified atom stereocenters. The normalized spacial score (nSPS) is 10.2. The third-order valence-electron chi connectivity index (χ3n) is 2.46. The van der Waals surface area contributed by atoms with Gasteiger partial charge in [-0.1, -0.05) is 17.7 Å². The Kier molecular flexibility index (Phi) is 3.58. The number of nitrogens with two attached hydrogens (primary N) is 1. The van der Waals surface area contributed by atoms with Gasteiger partial charge in [0.05, 0.1) is 23.5 Å². The van der Waals surface area contributed by atoms with Crippen molar-refractivity contribution in [1.82, 2.24) is 0 Å². The lowest BCUT2D eigenvalue weighted by atomic mass is 10.2. The molecule has 0 aromatic heterocycles. The van der Waals surface area contributed by atoms with Gasteiger partial charge in [0.15, 0.2) is 5.82 Å². The van der Waals surface area contributed by atoms with E-state index in [1.807, 2.05) is 0 Å². The summed E-state index contributed by atoms with van der Waals surface area (Å²) in [5.41, 5.74) is 7.19. The van der Waals surface area contributed by atoms with Crippen molar-refractivity contribution in [3.8, 4) is 5.75 Å². The molecule has 0 aliphatic heterocycles. The summed E-state index contributed by atoms with van der Waals surface area (Å²) in [6, 6.07) is 9.87. The minimum atomic E-state index is -0.491. The van der Waals surface area contributed by atoms with Crippen molar-refractivity contribution in [2.45, 2.75) is 0 Å². The van der Waals surface area contributed by atoms with E-state index >= 15 is 0 Å². The van der Waals surface area contributed by atoms with Crippen molar-refractivity contribution < 1.29 is 9.13 Å². The summed E-state index contributed by atoms with van der Waals surface area (Å²) in [6.45, 7) is 0. The van der Waals surface area contributed by atoms with E-state index in [9.17, 15) is 4.39 Å². The highest BCUT2D eigenvalue weighted by Crippen LogP contribution is 2.29. The Morgan fingerprint density at radius 3 is 2.78 bits per heavy atom. The van der Waals surface area contributed by atoms with E-state index in [0.717, 1.165) is 0 Å². The number of hydrogen-bond acceptors (Lipinski definition) is 3. The first kappa shape index (κ1) is 12.5. The lowest BCUT2D eigenvalue weighted by Gasteiger charge is -2.11. The van der Waals surface area contributed by atoms with Crippen LogP contribution in [0.1, 0.15) is 0 Å². The first-order valence-electron chi connectivity index (χ1n) is 5.26. The van der Waals surface area contributed by atoms with E-state index in [1.165, 1.54) is 13.2 Å². The fourth-order valence-corrected chi connectivity index (χ4v) is 1.72. The summed E-state index contributed by atoms with van der Waals surface area (Å²) in [4.78, 5) is 0. The number of anilines is 3. The quantitative estimate of drug-likeness (QED) is 0.831. The van der Waals surface area contributed by atoms with Crippen LogP contribution in [0.25, 0.3) is 0 Å². The summed E-state index contributed by atoms with van der Waals surface area (Å²) in [6.07, 6.45) is 0. The van der Waals surface area contributed by atoms with Crippen LogP contribution in [0, 0.1) is 5.82 Å². The standard InChI is InChI=1S/C13H12ClFN2O/c1-18-12-7-8(5-6-10(12)16)17-11-4-2-3-9(14)13(11)15/h2-7,17H,16H2,1H3. The molecule has 0 saturated carbocycles. The summed E-state index contributed by atoms with van der Waals surface area (Å²) in [7, 11) is 1.52. The van der Waals surface area contributed by atoms with Crippen molar-refractivity contribution in [2.24, 2.45) is 0 Å². The average molecular weight is 267 g/mol. The number of methoxy groups -OCH3 is 1. The zero-order valence-corrected chi connectivity index (χ0v) is 10.5. The molecule has 0 heterocycles. The second-order valence-electron chi connectivity index (χ2n) is 3.68. The van der Waals surface area contributed by atoms with Crippen molar-refractivity contribution in [2.75, 3.05) is 18.2 Å². The van der Waals surface area contributed by atoms with Gasteiger partial charge >= 0.3 is 0 Å². The van der Waals surface area contributed by atoms with E-state index < -0.39 is 5.82 Å². The molecule has 0 amide bonds. The molecule has 0 fully saturated rings. The van der Waals surface area contributed by atoms with Gasteiger partial charge in [-0.05, 0) is 24.3 Å². The number of benzene rings is 2. The second-order valence-corrected chi connectivity index (χ2v) is 4.09. The van der Waals surface area contributed by atoms with Crippen molar-refractivity contribution in [3.05, 3.63) is 47.2 Å². The minimum Gasteiger partial charge on any atom is -0.495 e. The highest BCUT2D eigenvalue weighted by molar-refractivity contribution is 6.31. The Balaban J connectivity index is 2.31. The summed E-state index contributed by atoms with van der Waals surface area (Å²) in [5, 5.41) is 2.99. The second kappa shape index (κ2) is 5.14. The van der Waals surface area contributed by atoms with Crippen LogP contribution in [0.2, 0.25) is 5.02 Å². The van der Waals surface area contributed by atoms with Gasteiger partial charge in [0.25, 0.3) is 0 Å². The van der Waals surface area contributed by atoms with E-state index in [0.29, 0.717) is 22.8 Å². The lowest BCUT2D eigenvalue weighted by Crippen LogP contribution is -1.97. The van der Waals surface area contributed by atoms with E-state index in [4.69, 9.17) is 22.1 Å². The summed E-state index contributed by atoms with van der Waals surface area (Å²) < 4.78 is 18.8. The smallest absolute Gasteiger partial charge is 0.165 e. The molecule has 0 spiro atoms. The largest absolute Gasteiger partial charge is 0.495 e. The van der Waals surface area contributed by atoms with Crippen LogP contribution in [-0.2, 0) is 0 Å². The van der Waals surface area contributed by atoms with Crippen molar-refractivity contribution in [3.63, 3.8) is 0 Å². The molecular formula is C13H12ClFN2O. The van der Waals surface area contributed by atoms with Crippen molar-refractivity contribution >= 4 is 28.7 Å². The third kappa shape index (κ3) is 2.49. The lowest BCUT2D eigenvalue weighted by molar-refractivity contribution is 0.417. The van der Waals surface area contributed by atoms with E-state index in [-0.39, 0.29) is 5.02 Å². The number of rotatable bonds is 3. The fraction of sp³-hybridized carbons (Fsp3) is 0.0769. The molecule has 5 heteroatoms. The van der Waals surface area contributed by atoms with Gasteiger partial charge in [-0.3, -0.25) is 0 Å². The van der Waals surface area contributed by atoms with Gasteiger partial charge in [0.1, 0.15) is 5.75 Å². The highest BCUT2D eigenvalue weighted by atomic mass is 35.5. The zero-order chi connectivity index (χ0) is 13.1. The van der Waals surface area contributed by atoms with Crippen LogP contribution >= 0.6 is 11.6 Å². The number of nitrogen functional groups attached to an aromatic ring is 1. The van der Waals surface area contributed by atoms with Gasteiger partial charge < -0.3 is 15.8 Å². The van der Waals surface area contributed by atoms with Gasteiger partial charge in [-0.2, -0.15) is 0 Å². The minimum absolute atomic E-state index is 0.0717. The van der Waals surface area contributed by atoms with Crippen LogP contribution in [0.4, 0.5) is 21.5 Å². The highest BCUT2D eigenvalue weighted by Gasteiger charge is 2.07. The predicted molar refractivity (Wildman–Crippen MR) is 72.1 cm³/mol. The van der Waals surface area contributed by atoms with Gasteiger partial charge in [0, 0.05) is 11.8 Å². The number of halogens is 2. The Morgan fingerprint density at radius 2 is 2.06 bits per heavy atom. The summed E-state index contributed by atoms with van der Waals surface area (Å²) >= 11 is 5.70. The molecule has 0 radical (unpaired) electrons. The molecule has 3 N–H and O–H groups in total. The van der Waals surface area contributed by atoms with Crippen LogP contribution in [0.15, 0.2) is 36.4 Å². The monoisotopic (exact) mass is 266 g/mol. The fourth-order valence-electron chi connectivity index (χ4n) is 1.54. The van der Waals surface area contributed by atoms with Gasteiger partial charge in [-0.25, -0.2) is 4.39 Å². The molecule has 2 aromatic carbocycles. The van der Waals surface area contributed by atoms with Crippen molar-refractivity contribution in [1.29, 1.82) is 0 Å². The maximum atomic E-state index is 13.7. The molecule has 0 bridgehead atoms. The first-order valence-corrected chi connectivity index (χ1v) is 5.64. The third-order valence-corrected chi connectivity index (χ3v) is 2.76. The Morgan fingerprint density at radius 1 is 1.28 bits per heavy atom. The topological polar surface area (TPSA) is 47.3 Å². The van der Waals surface area contributed by atoms with Crippen LogP contribution in [0.5, 0.6) is 5.75 Å². The van der Waals surface area contributed by atoms with Gasteiger partial charge in [-0.15, -0.1) is 0 Å². The molecule has 18 heavy (non-hydrogen) atoms. The van der Waals surface area contributed by atoms with E-state index in [2.05, 4.69) is 5.32 Å². The predicted octanol–water partition coefficient (Wildman–Crippen LogP) is 3.81. The number of nitrogens with one attached hydrogen (secondary N) is 1. The molecule has 0 aliphatic carbocycles. The molecule has 0 atom stereocenters. The number of ether oxygens (including phenoxy) is 1. The van der Waals surface area contributed by atoms with Crippen LogP contribution in [0.3, 0.4) is 0 Å². The van der Waals surface area contributed by atoms with Crippen LogP contribution < -0.4 is 15.8 Å². The molecule has 2 aromatic rings. The Hall–Kier alpha value is -1.94. The molecule has 3 nitrogen and oxygen atoms in total. The number of hydrogen-bond donors (Lipinski definition) is 2. The molecule has 2 rings (SSSR count). The SMILES string of the molecule is COc1cc(Nc2cccc(Cl)c2F)ccc1N.